The molecule has 0 fully saturated rings. The molecule has 8 nitrogen and oxygen atoms in total. The fourth-order valence-corrected chi connectivity index (χ4v) is 3.24. The second kappa shape index (κ2) is 7.17. The van der Waals surface area contributed by atoms with E-state index in [1.807, 2.05) is 11.6 Å². The van der Waals surface area contributed by atoms with Crippen molar-refractivity contribution in [3.05, 3.63) is 48.1 Å². The molecule has 3 aromatic heterocycles. The van der Waals surface area contributed by atoms with Crippen LogP contribution in [0, 0.1) is 0 Å². The average Bonchev–Trinajstić information content (AvgIpc) is 3.41. The Balaban J connectivity index is 1.64. The van der Waals surface area contributed by atoms with Crippen LogP contribution in [-0.2, 0) is 24.2 Å². The van der Waals surface area contributed by atoms with E-state index in [4.69, 9.17) is 18.7 Å². The lowest BCUT2D eigenvalue weighted by Gasteiger charge is -2.27. The van der Waals surface area contributed by atoms with E-state index in [0.717, 1.165) is 23.4 Å². The summed E-state index contributed by atoms with van der Waals surface area (Å²) in [6.45, 7) is 4.98. The summed E-state index contributed by atoms with van der Waals surface area (Å²) in [4.78, 5) is 18.6. The summed E-state index contributed by atoms with van der Waals surface area (Å²) < 4.78 is 17.8. The van der Waals surface area contributed by atoms with Crippen molar-refractivity contribution in [1.82, 2.24) is 19.7 Å². The Labute approximate surface area is 150 Å². The van der Waals surface area contributed by atoms with Gasteiger partial charge >= 0.3 is 0 Å². The maximum Gasteiger partial charge on any atom is 0.289 e. The number of furan rings is 1. The molecular weight excluding hydrogens is 336 g/mol. The third-order valence-electron chi connectivity index (χ3n) is 4.48. The number of fused-ring (bicyclic) bond motifs is 1. The van der Waals surface area contributed by atoms with Crippen LogP contribution in [0.15, 0.2) is 39.9 Å². The van der Waals surface area contributed by atoms with Crippen molar-refractivity contribution >= 4 is 5.91 Å². The minimum absolute atomic E-state index is 0.117. The second-order valence-electron chi connectivity index (χ2n) is 6.02. The Morgan fingerprint density at radius 3 is 3.08 bits per heavy atom. The number of aromatic nitrogens is 3. The predicted octanol–water partition coefficient (Wildman–Crippen LogP) is 2.37. The molecule has 3 aromatic rings. The van der Waals surface area contributed by atoms with Crippen molar-refractivity contribution in [1.29, 1.82) is 0 Å². The summed E-state index contributed by atoms with van der Waals surface area (Å²) in [5, 5.41) is 4.72. The molecule has 1 aliphatic rings. The number of nitrogens with zero attached hydrogens (tertiary/aromatic N) is 4. The number of carbonyl (C=O) groups excluding carboxylic acids is 1. The highest BCUT2D eigenvalue weighted by molar-refractivity contribution is 5.91. The Kier molecular flexibility index (Phi) is 4.57. The molecule has 0 aromatic carbocycles. The van der Waals surface area contributed by atoms with Crippen molar-refractivity contribution in [2.24, 2.45) is 0 Å². The smallest absolute Gasteiger partial charge is 0.289 e. The van der Waals surface area contributed by atoms with Crippen molar-refractivity contribution in [3.63, 3.8) is 0 Å². The zero-order valence-corrected chi connectivity index (χ0v) is 14.6. The van der Waals surface area contributed by atoms with Gasteiger partial charge in [-0.15, -0.1) is 0 Å². The van der Waals surface area contributed by atoms with Crippen LogP contribution < -0.4 is 0 Å². The van der Waals surface area contributed by atoms with Crippen LogP contribution in [0.4, 0.5) is 0 Å². The van der Waals surface area contributed by atoms with Gasteiger partial charge in [-0.05, 0) is 19.1 Å². The van der Waals surface area contributed by atoms with Crippen molar-refractivity contribution in [2.45, 2.75) is 26.4 Å². The SMILES string of the molecule is CCOCCn1nc(-c2cocn2)c2c1CCN(C(=O)c1ccco1)C2. The Morgan fingerprint density at radius 1 is 1.42 bits per heavy atom. The number of rotatable bonds is 6. The molecule has 8 heteroatoms. The van der Waals surface area contributed by atoms with Gasteiger partial charge in [-0.1, -0.05) is 0 Å². The molecule has 0 bridgehead atoms. The lowest BCUT2D eigenvalue weighted by Crippen LogP contribution is -2.36. The largest absolute Gasteiger partial charge is 0.459 e. The number of hydrogen-bond donors (Lipinski definition) is 0. The van der Waals surface area contributed by atoms with Crippen LogP contribution in [0.2, 0.25) is 0 Å². The third-order valence-corrected chi connectivity index (χ3v) is 4.48. The molecule has 0 spiro atoms. The van der Waals surface area contributed by atoms with Crippen LogP contribution in [0.3, 0.4) is 0 Å². The van der Waals surface area contributed by atoms with Gasteiger partial charge in [0.15, 0.2) is 12.2 Å². The molecule has 4 rings (SSSR count). The number of oxazole rings is 1. The van der Waals surface area contributed by atoms with Gasteiger partial charge in [-0.3, -0.25) is 9.48 Å². The number of amides is 1. The number of carbonyl (C=O) groups is 1. The summed E-state index contributed by atoms with van der Waals surface area (Å²) in [5.41, 5.74) is 3.54. The first kappa shape index (κ1) is 16.6. The fraction of sp³-hybridized carbons (Fsp3) is 0.389. The lowest BCUT2D eigenvalue weighted by molar-refractivity contribution is 0.0700. The van der Waals surface area contributed by atoms with E-state index in [0.29, 0.717) is 44.3 Å². The molecule has 26 heavy (non-hydrogen) atoms. The first-order chi connectivity index (χ1) is 12.8. The van der Waals surface area contributed by atoms with Crippen LogP contribution in [0.25, 0.3) is 11.4 Å². The van der Waals surface area contributed by atoms with Gasteiger partial charge in [-0.25, -0.2) is 4.98 Å². The molecule has 0 N–H and O–H groups in total. The zero-order chi connectivity index (χ0) is 17.9. The third kappa shape index (κ3) is 3.03. The predicted molar refractivity (Wildman–Crippen MR) is 91.4 cm³/mol. The highest BCUT2D eigenvalue weighted by atomic mass is 16.5. The van der Waals surface area contributed by atoms with E-state index < -0.39 is 0 Å². The molecule has 1 amide bonds. The molecule has 0 aliphatic carbocycles. The summed E-state index contributed by atoms with van der Waals surface area (Å²) in [5.74, 6) is 0.231. The molecule has 136 valence electrons. The average molecular weight is 356 g/mol. The molecule has 0 radical (unpaired) electrons. The second-order valence-corrected chi connectivity index (χ2v) is 6.02. The summed E-state index contributed by atoms with van der Waals surface area (Å²) in [6.07, 6.45) is 5.19. The lowest BCUT2D eigenvalue weighted by atomic mass is 10.0. The van der Waals surface area contributed by atoms with Gasteiger partial charge < -0.3 is 18.5 Å². The van der Waals surface area contributed by atoms with E-state index in [1.54, 1.807) is 23.3 Å². The maximum absolute atomic E-state index is 12.6. The van der Waals surface area contributed by atoms with Crippen LogP contribution in [0.5, 0.6) is 0 Å². The minimum Gasteiger partial charge on any atom is -0.459 e. The number of ether oxygens (including phenoxy) is 1. The maximum atomic E-state index is 12.6. The molecular formula is C18H20N4O4. The molecule has 1 aliphatic heterocycles. The van der Waals surface area contributed by atoms with E-state index >= 15 is 0 Å². The number of hydrogen-bond acceptors (Lipinski definition) is 6. The van der Waals surface area contributed by atoms with Crippen molar-refractivity contribution < 1.29 is 18.4 Å². The Bertz CT molecular complexity index is 868. The normalized spacial score (nSPS) is 13.8. The molecule has 0 atom stereocenters. The van der Waals surface area contributed by atoms with Gasteiger partial charge in [0, 0.05) is 30.8 Å². The van der Waals surface area contributed by atoms with Gasteiger partial charge in [0.25, 0.3) is 5.91 Å². The van der Waals surface area contributed by atoms with Gasteiger partial charge in [0.1, 0.15) is 17.7 Å². The monoisotopic (exact) mass is 356 g/mol. The van der Waals surface area contributed by atoms with Crippen LogP contribution >= 0.6 is 0 Å². The van der Waals surface area contributed by atoms with E-state index in [2.05, 4.69) is 4.98 Å². The van der Waals surface area contributed by atoms with Gasteiger partial charge in [-0.2, -0.15) is 5.10 Å². The quantitative estimate of drug-likeness (QED) is 0.630. The zero-order valence-electron chi connectivity index (χ0n) is 14.6. The Morgan fingerprint density at radius 2 is 2.35 bits per heavy atom. The van der Waals surface area contributed by atoms with Crippen molar-refractivity contribution in [2.75, 3.05) is 19.8 Å². The summed E-state index contributed by atoms with van der Waals surface area (Å²) in [7, 11) is 0. The first-order valence-corrected chi connectivity index (χ1v) is 8.65. The van der Waals surface area contributed by atoms with E-state index in [1.165, 1.54) is 12.7 Å². The van der Waals surface area contributed by atoms with Crippen molar-refractivity contribution in [3.8, 4) is 11.4 Å². The molecule has 0 saturated heterocycles. The van der Waals surface area contributed by atoms with Gasteiger partial charge in [0.05, 0.1) is 26.0 Å². The van der Waals surface area contributed by atoms with Crippen LogP contribution in [-0.4, -0.2) is 45.3 Å². The topological polar surface area (TPSA) is 86.5 Å². The van der Waals surface area contributed by atoms with E-state index in [9.17, 15) is 4.79 Å². The van der Waals surface area contributed by atoms with Crippen LogP contribution in [0.1, 0.15) is 28.7 Å². The standard InChI is InChI=1S/C18H20N4O4/c1-2-24-9-7-22-15-5-6-21(18(23)16-4-3-8-26-16)10-13(15)17(20-22)14-11-25-12-19-14/h3-4,8,11-12H,2,5-7,9-10H2,1H3. The molecule has 0 unspecified atom stereocenters. The van der Waals surface area contributed by atoms with E-state index in [-0.39, 0.29) is 5.91 Å². The Hall–Kier alpha value is -2.87. The molecule has 4 heterocycles. The summed E-state index contributed by atoms with van der Waals surface area (Å²) in [6, 6.07) is 3.40. The summed E-state index contributed by atoms with van der Waals surface area (Å²) >= 11 is 0. The minimum atomic E-state index is -0.117. The highest BCUT2D eigenvalue weighted by Gasteiger charge is 2.30. The first-order valence-electron chi connectivity index (χ1n) is 8.65. The fourth-order valence-electron chi connectivity index (χ4n) is 3.24. The highest BCUT2D eigenvalue weighted by Crippen LogP contribution is 2.30. The van der Waals surface area contributed by atoms with Gasteiger partial charge in [0.2, 0.25) is 0 Å². The molecule has 0 saturated carbocycles.